The van der Waals surface area contributed by atoms with Crippen molar-refractivity contribution in [1.82, 2.24) is 0 Å². The minimum absolute atomic E-state index is 1.22. The van der Waals surface area contributed by atoms with Gasteiger partial charge in [-0.05, 0) is 109 Å². The summed E-state index contributed by atoms with van der Waals surface area (Å²) in [5.74, 6) is 0. The van der Waals surface area contributed by atoms with Gasteiger partial charge in [0.25, 0.3) is 0 Å². The summed E-state index contributed by atoms with van der Waals surface area (Å²) in [6.07, 6.45) is 0. The first kappa shape index (κ1) is 27.5. The minimum Gasteiger partial charge on any atom is -0.0622 e. The number of rotatable bonds is 4. The lowest BCUT2D eigenvalue weighted by molar-refractivity contribution is 1.58. The molecular weight excluding hydrogens is 601 g/mol. The van der Waals surface area contributed by atoms with Crippen molar-refractivity contribution < 1.29 is 0 Å². The Bertz CT molecular complexity index is 3040. The van der Waals surface area contributed by atoms with Crippen LogP contribution in [-0.2, 0) is 0 Å². The maximum atomic E-state index is 2.35. The van der Waals surface area contributed by atoms with Gasteiger partial charge in [-0.25, -0.2) is 0 Å². The van der Waals surface area contributed by atoms with Crippen LogP contribution in [0.3, 0.4) is 0 Å². The molecule has 0 heteroatoms. The van der Waals surface area contributed by atoms with Crippen LogP contribution < -0.4 is 0 Å². The maximum Gasteiger partial charge on any atom is -0.00203 e. The van der Waals surface area contributed by atoms with Crippen LogP contribution in [0, 0.1) is 0 Å². The van der Waals surface area contributed by atoms with Crippen molar-refractivity contribution in [3.63, 3.8) is 0 Å². The van der Waals surface area contributed by atoms with Crippen LogP contribution >= 0.6 is 0 Å². The third-order valence-corrected chi connectivity index (χ3v) is 11.0. The van der Waals surface area contributed by atoms with Crippen molar-refractivity contribution in [3.05, 3.63) is 182 Å². The van der Waals surface area contributed by atoms with Crippen molar-refractivity contribution >= 4 is 64.6 Å². The highest BCUT2D eigenvalue weighted by molar-refractivity contribution is 6.30. The zero-order chi connectivity index (χ0) is 32.8. The Kier molecular flexibility index (Phi) is 5.76. The molecule has 0 nitrogen and oxygen atoms in total. The van der Waals surface area contributed by atoms with Gasteiger partial charge in [-0.1, -0.05) is 182 Å². The quantitative estimate of drug-likeness (QED) is 0.170. The molecule has 0 radical (unpaired) electrons. The van der Waals surface area contributed by atoms with Crippen molar-refractivity contribution in [2.75, 3.05) is 0 Å². The molecule has 0 atom stereocenters. The molecule has 0 unspecified atom stereocenters. The summed E-state index contributed by atoms with van der Waals surface area (Å²) in [5.41, 5.74) is 10.0. The van der Waals surface area contributed by atoms with E-state index in [9.17, 15) is 0 Å². The van der Waals surface area contributed by atoms with E-state index < -0.39 is 0 Å². The summed E-state index contributed by atoms with van der Waals surface area (Å²) in [5, 5.41) is 15.8. The number of benzene rings is 11. The molecule has 0 saturated carbocycles. The molecule has 0 fully saturated rings. The lowest BCUT2D eigenvalue weighted by Crippen LogP contribution is -1.92. The fraction of sp³-hybridized carbons (Fsp3) is 0. The monoisotopic (exact) mass is 630 g/mol. The second kappa shape index (κ2) is 10.5. The largest absolute Gasteiger partial charge is 0.0622 e. The Morgan fingerprint density at radius 1 is 0.180 bits per heavy atom. The summed E-state index contributed by atoms with van der Waals surface area (Å²) in [7, 11) is 0. The predicted octanol–water partition coefficient (Wildman–Crippen LogP) is 14.1. The molecular formula is C50H30. The minimum atomic E-state index is 1.22. The zero-order valence-electron chi connectivity index (χ0n) is 27.3. The zero-order valence-corrected chi connectivity index (χ0v) is 27.3. The SMILES string of the molecule is c1ccc(-c2ccc(-c3ccccc3-c3ccc4ccc5c(-c6ccc7ccc8cccc9ccc6c7c89)ccc6ccc3c4c65)cc2)cc1. The molecule has 0 spiro atoms. The first-order chi connectivity index (χ1) is 24.8. The van der Waals surface area contributed by atoms with Crippen LogP contribution in [0.2, 0.25) is 0 Å². The summed E-state index contributed by atoms with van der Waals surface area (Å²) >= 11 is 0. The van der Waals surface area contributed by atoms with E-state index in [-0.39, 0.29) is 0 Å². The topological polar surface area (TPSA) is 0 Å². The third-order valence-electron chi connectivity index (χ3n) is 11.0. The van der Waals surface area contributed by atoms with Gasteiger partial charge >= 0.3 is 0 Å². The average molecular weight is 631 g/mol. The Balaban J connectivity index is 1.12. The van der Waals surface area contributed by atoms with E-state index in [1.54, 1.807) is 0 Å². The third kappa shape index (κ3) is 3.94. The lowest BCUT2D eigenvalue weighted by Gasteiger charge is -2.19. The Morgan fingerprint density at radius 2 is 0.560 bits per heavy atom. The van der Waals surface area contributed by atoms with Crippen LogP contribution in [0.4, 0.5) is 0 Å². The van der Waals surface area contributed by atoms with Crippen LogP contribution in [0.15, 0.2) is 182 Å². The van der Waals surface area contributed by atoms with E-state index in [0.29, 0.717) is 0 Å². The fourth-order valence-corrected chi connectivity index (χ4v) is 8.68. The predicted molar refractivity (Wildman–Crippen MR) is 216 cm³/mol. The van der Waals surface area contributed by atoms with Gasteiger partial charge in [-0.3, -0.25) is 0 Å². The highest BCUT2D eigenvalue weighted by atomic mass is 14.2. The first-order valence-corrected chi connectivity index (χ1v) is 17.4. The van der Waals surface area contributed by atoms with Gasteiger partial charge < -0.3 is 0 Å². The van der Waals surface area contributed by atoms with E-state index in [4.69, 9.17) is 0 Å². The van der Waals surface area contributed by atoms with Crippen molar-refractivity contribution in [2.24, 2.45) is 0 Å². The average Bonchev–Trinajstić information content (AvgIpc) is 3.19. The lowest BCUT2D eigenvalue weighted by atomic mass is 9.84. The van der Waals surface area contributed by atoms with Gasteiger partial charge in [0.1, 0.15) is 0 Å². The van der Waals surface area contributed by atoms with Crippen molar-refractivity contribution in [1.29, 1.82) is 0 Å². The summed E-state index contributed by atoms with van der Waals surface area (Å²) in [6.45, 7) is 0. The maximum absolute atomic E-state index is 2.35. The second-order valence-electron chi connectivity index (χ2n) is 13.6. The van der Waals surface area contributed by atoms with Crippen molar-refractivity contribution in [2.45, 2.75) is 0 Å². The van der Waals surface area contributed by atoms with Crippen LogP contribution in [0.25, 0.3) is 109 Å². The Morgan fingerprint density at radius 3 is 1.12 bits per heavy atom. The van der Waals surface area contributed by atoms with E-state index >= 15 is 0 Å². The van der Waals surface area contributed by atoms with Gasteiger partial charge in [0, 0.05) is 0 Å². The fourth-order valence-electron chi connectivity index (χ4n) is 8.68. The molecule has 0 aliphatic rings. The summed E-state index contributed by atoms with van der Waals surface area (Å²) in [6, 6.07) is 67.5. The molecule has 11 rings (SSSR count). The van der Waals surface area contributed by atoms with E-state index in [1.807, 2.05) is 0 Å². The Labute approximate surface area is 290 Å². The van der Waals surface area contributed by atoms with Crippen LogP contribution in [0.5, 0.6) is 0 Å². The van der Waals surface area contributed by atoms with Gasteiger partial charge in [0.15, 0.2) is 0 Å². The highest BCUT2D eigenvalue weighted by Gasteiger charge is 2.18. The molecule has 230 valence electrons. The van der Waals surface area contributed by atoms with Gasteiger partial charge in [-0.15, -0.1) is 0 Å². The van der Waals surface area contributed by atoms with E-state index in [2.05, 4.69) is 182 Å². The van der Waals surface area contributed by atoms with Gasteiger partial charge in [0.05, 0.1) is 0 Å². The Hall–Kier alpha value is -6.50. The molecule has 0 heterocycles. The smallest absolute Gasteiger partial charge is 0.00203 e. The van der Waals surface area contributed by atoms with E-state index in [0.717, 1.165) is 0 Å². The van der Waals surface area contributed by atoms with Gasteiger partial charge in [0.2, 0.25) is 0 Å². The first-order valence-electron chi connectivity index (χ1n) is 17.4. The normalized spacial score (nSPS) is 12.0. The molecule has 0 N–H and O–H groups in total. The molecule has 11 aromatic carbocycles. The summed E-state index contributed by atoms with van der Waals surface area (Å²) in [4.78, 5) is 0. The standard InChI is InChI=1S/C50H30/c1-2-7-31(8-3-1)32-13-15-33(16-14-32)39-11-4-5-12-40(39)41-25-20-37-24-30-46-43(27-21-38-23-29-45(41)49(37)50(38)46)42-26-19-36-18-17-34-9-6-10-35-22-28-44(42)48(36)47(34)35/h1-30H. The number of hydrogen-bond donors (Lipinski definition) is 0. The molecule has 0 aliphatic heterocycles. The van der Waals surface area contributed by atoms with Crippen molar-refractivity contribution in [3.8, 4) is 44.5 Å². The molecule has 0 aromatic heterocycles. The molecule has 0 aliphatic carbocycles. The molecule has 0 bridgehead atoms. The highest BCUT2D eigenvalue weighted by Crippen LogP contribution is 2.46. The van der Waals surface area contributed by atoms with Crippen LogP contribution in [0.1, 0.15) is 0 Å². The molecule has 50 heavy (non-hydrogen) atoms. The summed E-state index contributed by atoms with van der Waals surface area (Å²) < 4.78 is 0. The molecule has 11 aromatic rings. The van der Waals surface area contributed by atoms with E-state index in [1.165, 1.54) is 109 Å². The number of hydrogen-bond acceptors (Lipinski definition) is 0. The van der Waals surface area contributed by atoms with Gasteiger partial charge in [-0.2, -0.15) is 0 Å². The second-order valence-corrected chi connectivity index (χ2v) is 13.6. The van der Waals surface area contributed by atoms with Crippen LogP contribution in [-0.4, -0.2) is 0 Å². The molecule has 0 saturated heterocycles. The molecule has 0 amide bonds.